The van der Waals surface area contributed by atoms with Gasteiger partial charge in [0.1, 0.15) is 0 Å². The molecule has 7 heteroatoms. The summed E-state index contributed by atoms with van der Waals surface area (Å²) in [6, 6.07) is 4.97. The number of carbonyl (C=O) groups excluding carboxylic acids is 1. The third-order valence-electron chi connectivity index (χ3n) is 2.89. The van der Waals surface area contributed by atoms with E-state index in [0.29, 0.717) is 10.4 Å². The highest BCUT2D eigenvalue weighted by Crippen LogP contribution is 2.33. The van der Waals surface area contributed by atoms with Crippen molar-refractivity contribution in [3.05, 3.63) is 49.6 Å². The minimum atomic E-state index is -4.43. The highest BCUT2D eigenvalue weighted by Gasteiger charge is 2.31. The minimum Gasteiger partial charge on any atom is -0.321 e. The zero-order valence-electron chi connectivity index (χ0n) is 11.1. The van der Waals surface area contributed by atoms with Gasteiger partial charge < -0.3 is 5.32 Å². The van der Waals surface area contributed by atoms with Gasteiger partial charge in [0.2, 0.25) is 0 Å². The maximum absolute atomic E-state index is 12.7. The summed E-state index contributed by atoms with van der Waals surface area (Å²) in [4.78, 5) is 12.5. The molecule has 0 aliphatic rings. The van der Waals surface area contributed by atoms with E-state index in [1.54, 1.807) is 13.0 Å². The molecule has 2 rings (SSSR count). The van der Waals surface area contributed by atoms with Gasteiger partial charge in [0.05, 0.1) is 14.2 Å². The maximum Gasteiger partial charge on any atom is 0.416 e. The minimum absolute atomic E-state index is 0.164. The first-order chi connectivity index (χ1) is 9.68. The number of nitrogens with one attached hydrogen (secondary N) is 1. The second kappa shape index (κ2) is 5.81. The number of hydrogen-bond donors (Lipinski definition) is 1. The van der Waals surface area contributed by atoms with E-state index in [1.165, 1.54) is 17.4 Å². The number of hydrogen-bond acceptors (Lipinski definition) is 2. The Kier molecular flexibility index (Phi) is 4.43. The van der Waals surface area contributed by atoms with E-state index >= 15 is 0 Å². The summed E-state index contributed by atoms with van der Waals surface area (Å²) in [5, 5.41) is 2.53. The second-order valence-corrected chi connectivity index (χ2v) is 6.92. The van der Waals surface area contributed by atoms with E-state index in [4.69, 9.17) is 0 Å². The van der Waals surface area contributed by atoms with Gasteiger partial charge in [0.15, 0.2) is 0 Å². The number of carbonyl (C=O) groups is 1. The number of rotatable bonds is 2. The van der Waals surface area contributed by atoms with Crippen molar-refractivity contribution in [2.75, 3.05) is 5.32 Å². The smallest absolute Gasteiger partial charge is 0.321 e. The third-order valence-corrected chi connectivity index (χ3v) is 5.03. The van der Waals surface area contributed by atoms with Crippen LogP contribution in [0.4, 0.5) is 18.9 Å². The van der Waals surface area contributed by atoms with Crippen LogP contribution in [-0.4, -0.2) is 5.91 Å². The van der Waals surface area contributed by atoms with Gasteiger partial charge in [-0.15, -0.1) is 11.3 Å². The molecule has 1 aromatic carbocycles. The lowest BCUT2D eigenvalue weighted by Crippen LogP contribution is -2.13. The van der Waals surface area contributed by atoms with E-state index in [9.17, 15) is 18.0 Å². The Balaban J connectivity index is 2.28. The van der Waals surface area contributed by atoms with Crippen molar-refractivity contribution in [3.63, 3.8) is 0 Å². The summed E-state index contributed by atoms with van der Waals surface area (Å²) in [5.41, 5.74) is 0.860. The molecule has 2 aromatic rings. The van der Waals surface area contributed by atoms with Gasteiger partial charge in [-0.05, 0) is 59.1 Å². The lowest BCUT2D eigenvalue weighted by molar-refractivity contribution is -0.137. The van der Waals surface area contributed by atoms with Crippen LogP contribution >= 0.6 is 27.3 Å². The van der Waals surface area contributed by atoms with Gasteiger partial charge in [-0.25, -0.2) is 0 Å². The summed E-state index contributed by atoms with van der Waals surface area (Å²) in [6.07, 6.45) is -4.43. The van der Waals surface area contributed by atoms with Crippen molar-refractivity contribution >= 4 is 38.9 Å². The second-order valence-electron chi connectivity index (χ2n) is 4.55. The molecule has 0 aliphatic heterocycles. The van der Waals surface area contributed by atoms with E-state index < -0.39 is 17.6 Å². The molecule has 21 heavy (non-hydrogen) atoms. The number of alkyl halides is 3. The fraction of sp³-hybridized carbons (Fsp3) is 0.214. The molecule has 0 saturated carbocycles. The van der Waals surface area contributed by atoms with E-state index in [-0.39, 0.29) is 5.69 Å². The SMILES string of the molecule is Cc1ccc(C(F)(F)F)cc1NC(=O)c1cc(C)c(Br)s1. The van der Waals surface area contributed by atoms with E-state index in [0.717, 1.165) is 21.5 Å². The highest BCUT2D eigenvalue weighted by atomic mass is 79.9. The number of halogens is 4. The fourth-order valence-corrected chi connectivity index (χ4v) is 3.12. The van der Waals surface area contributed by atoms with Crippen LogP contribution in [0, 0.1) is 13.8 Å². The molecular weight excluding hydrogens is 367 g/mol. The van der Waals surface area contributed by atoms with Gasteiger partial charge >= 0.3 is 6.18 Å². The van der Waals surface area contributed by atoms with Gasteiger partial charge in [-0.2, -0.15) is 13.2 Å². The summed E-state index contributed by atoms with van der Waals surface area (Å²) >= 11 is 4.55. The van der Waals surface area contributed by atoms with Crippen molar-refractivity contribution in [1.29, 1.82) is 0 Å². The number of thiophene rings is 1. The molecule has 0 bridgehead atoms. The van der Waals surface area contributed by atoms with Crippen LogP contribution in [0.1, 0.15) is 26.4 Å². The Morgan fingerprint density at radius 1 is 1.19 bits per heavy atom. The standard InChI is InChI=1S/C14H11BrF3NOS/c1-7-3-4-9(14(16,17)18)6-10(7)19-13(20)11-5-8(2)12(15)21-11/h3-6H,1-2H3,(H,19,20). The zero-order chi connectivity index (χ0) is 15.8. The van der Waals surface area contributed by atoms with E-state index in [2.05, 4.69) is 21.2 Å². The number of anilines is 1. The van der Waals surface area contributed by atoms with Gasteiger partial charge in [-0.1, -0.05) is 6.07 Å². The molecule has 0 fully saturated rings. The average Bonchev–Trinajstić information content (AvgIpc) is 2.71. The number of amides is 1. The van der Waals surface area contributed by atoms with Crippen LogP contribution in [0.5, 0.6) is 0 Å². The van der Waals surface area contributed by atoms with Gasteiger partial charge in [0, 0.05) is 5.69 Å². The molecule has 112 valence electrons. The van der Waals surface area contributed by atoms with Gasteiger partial charge in [-0.3, -0.25) is 4.79 Å². The normalized spacial score (nSPS) is 11.5. The predicted octanol–water partition coefficient (Wildman–Crippen LogP) is 5.40. The van der Waals surface area contributed by atoms with Gasteiger partial charge in [0.25, 0.3) is 5.91 Å². The van der Waals surface area contributed by atoms with Crippen molar-refractivity contribution in [2.45, 2.75) is 20.0 Å². The number of aryl methyl sites for hydroxylation is 2. The molecule has 1 heterocycles. The highest BCUT2D eigenvalue weighted by molar-refractivity contribution is 9.11. The monoisotopic (exact) mass is 377 g/mol. The summed E-state index contributed by atoms with van der Waals surface area (Å²) in [5.74, 6) is -0.420. The van der Waals surface area contributed by atoms with Crippen molar-refractivity contribution < 1.29 is 18.0 Å². The maximum atomic E-state index is 12.7. The van der Waals surface area contributed by atoms with Crippen molar-refractivity contribution in [2.24, 2.45) is 0 Å². The Bertz CT molecular complexity index is 675. The largest absolute Gasteiger partial charge is 0.416 e. The molecule has 0 spiro atoms. The predicted molar refractivity (Wildman–Crippen MR) is 80.9 cm³/mol. The van der Waals surface area contributed by atoms with Crippen molar-refractivity contribution in [1.82, 2.24) is 0 Å². The molecule has 1 aromatic heterocycles. The quantitative estimate of drug-likeness (QED) is 0.745. The molecule has 1 amide bonds. The summed E-state index contributed by atoms with van der Waals surface area (Å²) in [7, 11) is 0. The fourth-order valence-electron chi connectivity index (χ4n) is 1.69. The third kappa shape index (κ3) is 3.65. The molecule has 0 atom stereocenters. The average molecular weight is 378 g/mol. The molecule has 0 unspecified atom stereocenters. The summed E-state index contributed by atoms with van der Waals surface area (Å²) < 4.78 is 38.9. The van der Waals surface area contributed by atoms with E-state index in [1.807, 2.05) is 6.92 Å². The van der Waals surface area contributed by atoms with Crippen LogP contribution in [-0.2, 0) is 6.18 Å². The van der Waals surface area contributed by atoms with Crippen LogP contribution < -0.4 is 5.32 Å². The van der Waals surface area contributed by atoms with Crippen molar-refractivity contribution in [3.8, 4) is 0 Å². The molecular formula is C14H11BrF3NOS. The molecule has 1 N–H and O–H groups in total. The Morgan fingerprint density at radius 2 is 1.86 bits per heavy atom. The molecule has 0 aliphatic carbocycles. The lowest BCUT2D eigenvalue weighted by Gasteiger charge is -2.12. The Labute approximate surface area is 132 Å². The topological polar surface area (TPSA) is 29.1 Å². The Hall–Kier alpha value is -1.34. The zero-order valence-corrected chi connectivity index (χ0v) is 13.5. The summed E-state index contributed by atoms with van der Waals surface area (Å²) in [6.45, 7) is 3.48. The molecule has 2 nitrogen and oxygen atoms in total. The lowest BCUT2D eigenvalue weighted by atomic mass is 10.1. The van der Waals surface area contributed by atoms with Crippen LogP contribution in [0.25, 0.3) is 0 Å². The van der Waals surface area contributed by atoms with Crippen LogP contribution in [0.2, 0.25) is 0 Å². The Morgan fingerprint density at radius 3 is 2.38 bits per heavy atom. The molecule has 0 radical (unpaired) electrons. The number of benzene rings is 1. The first-order valence-electron chi connectivity index (χ1n) is 5.93. The van der Waals surface area contributed by atoms with Crippen LogP contribution in [0.3, 0.4) is 0 Å². The first-order valence-corrected chi connectivity index (χ1v) is 7.54. The molecule has 0 saturated heterocycles. The first kappa shape index (κ1) is 16.0. The van der Waals surface area contributed by atoms with Crippen LogP contribution in [0.15, 0.2) is 28.1 Å².